The zero-order chi connectivity index (χ0) is 9.42. The van der Waals surface area contributed by atoms with Gasteiger partial charge in [0, 0.05) is 32.2 Å². The van der Waals surface area contributed by atoms with Gasteiger partial charge in [0.25, 0.3) is 0 Å². The molecule has 0 aromatic heterocycles. The molecule has 1 unspecified atom stereocenters. The Morgan fingerprint density at radius 1 is 1.38 bits per heavy atom. The maximum atomic E-state index is 10.7. The normalized spacial score (nSPS) is 34.7. The summed E-state index contributed by atoms with van der Waals surface area (Å²) in [5.74, 6) is 0.735. The van der Waals surface area contributed by atoms with E-state index >= 15 is 0 Å². The lowest BCUT2D eigenvalue weighted by molar-refractivity contribution is 0.0888. The highest BCUT2D eigenvalue weighted by Crippen LogP contribution is 2.25. The summed E-state index contributed by atoms with van der Waals surface area (Å²) in [5, 5.41) is 8.83. The molecule has 2 fully saturated rings. The van der Waals surface area contributed by atoms with Gasteiger partial charge in [-0.3, -0.25) is 4.90 Å². The van der Waals surface area contributed by atoms with Gasteiger partial charge in [-0.2, -0.15) is 0 Å². The van der Waals surface area contributed by atoms with Gasteiger partial charge >= 0.3 is 6.09 Å². The summed E-state index contributed by atoms with van der Waals surface area (Å²) < 4.78 is 0. The number of fused-ring (bicyclic) bond motifs is 1. The maximum Gasteiger partial charge on any atom is 0.407 e. The lowest BCUT2D eigenvalue weighted by Crippen LogP contribution is -2.51. The van der Waals surface area contributed by atoms with Crippen LogP contribution in [0.5, 0.6) is 0 Å². The van der Waals surface area contributed by atoms with Gasteiger partial charge in [0.15, 0.2) is 0 Å². The molecule has 13 heavy (non-hydrogen) atoms. The zero-order valence-corrected chi connectivity index (χ0v) is 7.94. The number of amides is 1. The van der Waals surface area contributed by atoms with E-state index < -0.39 is 6.09 Å². The van der Waals surface area contributed by atoms with Crippen LogP contribution >= 0.6 is 0 Å². The molecular formula is C9H16N2O2. The number of carboxylic acid groups (broad SMARTS) is 1. The maximum absolute atomic E-state index is 10.7. The lowest BCUT2D eigenvalue weighted by Gasteiger charge is -2.35. The molecule has 74 valence electrons. The minimum Gasteiger partial charge on any atom is -0.465 e. The summed E-state index contributed by atoms with van der Waals surface area (Å²) >= 11 is 0. The fourth-order valence-electron chi connectivity index (χ4n) is 2.47. The van der Waals surface area contributed by atoms with E-state index in [1.54, 1.807) is 4.90 Å². The molecule has 1 amide bonds. The minimum atomic E-state index is -0.765. The van der Waals surface area contributed by atoms with Crippen molar-refractivity contribution >= 4 is 6.09 Å². The van der Waals surface area contributed by atoms with Gasteiger partial charge in [-0.25, -0.2) is 4.79 Å². The lowest BCUT2D eigenvalue weighted by atomic mass is 10.1. The van der Waals surface area contributed by atoms with E-state index in [2.05, 4.69) is 11.8 Å². The van der Waals surface area contributed by atoms with Crippen molar-refractivity contribution in [2.75, 3.05) is 26.2 Å². The van der Waals surface area contributed by atoms with Gasteiger partial charge in [-0.15, -0.1) is 0 Å². The van der Waals surface area contributed by atoms with E-state index in [9.17, 15) is 4.79 Å². The summed E-state index contributed by atoms with van der Waals surface area (Å²) in [5.41, 5.74) is 0. The van der Waals surface area contributed by atoms with Crippen molar-refractivity contribution < 1.29 is 9.90 Å². The van der Waals surface area contributed by atoms with Crippen LogP contribution in [-0.4, -0.2) is 53.2 Å². The summed E-state index contributed by atoms with van der Waals surface area (Å²) in [7, 11) is 0. The first kappa shape index (κ1) is 8.81. The third-order valence-corrected chi connectivity index (χ3v) is 3.10. The highest BCUT2D eigenvalue weighted by molar-refractivity contribution is 5.65. The fraction of sp³-hybridized carbons (Fsp3) is 0.889. The summed E-state index contributed by atoms with van der Waals surface area (Å²) in [6.45, 7) is 5.70. The highest BCUT2D eigenvalue weighted by atomic mass is 16.4. The van der Waals surface area contributed by atoms with Crippen molar-refractivity contribution in [3.63, 3.8) is 0 Å². The Morgan fingerprint density at radius 3 is 2.85 bits per heavy atom. The van der Waals surface area contributed by atoms with Gasteiger partial charge in [-0.05, 0) is 12.3 Å². The first-order chi connectivity index (χ1) is 6.16. The molecule has 2 rings (SSSR count). The van der Waals surface area contributed by atoms with Crippen molar-refractivity contribution in [3.05, 3.63) is 0 Å². The number of carbonyl (C=O) groups is 1. The summed E-state index contributed by atoms with van der Waals surface area (Å²) in [4.78, 5) is 14.7. The van der Waals surface area contributed by atoms with E-state index in [1.165, 1.54) is 0 Å². The Balaban J connectivity index is 1.97. The SMILES string of the molecule is CC1C[C@@H]2CN(C(=O)O)CCN2C1. The molecule has 1 N–H and O–H groups in total. The highest BCUT2D eigenvalue weighted by Gasteiger charge is 2.35. The Labute approximate surface area is 78.1 Å². The minimum absolute atomic E-state index is 0.486. The van der Waals surface area contributed by atoms with Crippen molar-refractivity contribution in [2.24, 2.45) is 5.92 Å². The molecule has 0 saturated carbocycles. The quantitative estimate of drug-likeness (QED) is 0.602. The zero-order valence-electron chi connectivity index (χ0n) is 7.94. The first-order valence-electron chi connectivity index (χ1n) is 4.88. The van der Waals surface area contributed by atoms with Gasteiger partial charge in [-0.1, -0.05) is 6.92 Å². The predicted octanol–water partition coefficient (Wildman–Crippen LogP) is 0.690. The Hall–Kier alpha value is -0.770. The monoisotopic (exact) mass is 184 g/mol. The second-order valence-electron chi connectivity index (χ2n) is 4.22. The molecular weight excluding hydrogens is 168 g/mol. The third kappa shape index (κ3) is 1.63. The summed E-state index contributed by atoms with van der Waals surface area (Å²) in [6.07, 6.45) is 0.392. The molecule has 0 spiro atoms. The molecule has 0 aliphatic carbocycles. The topological polar surface area (TPSA) is 43.8 Å². The standard InChI is InChI=1S/C9H16N2O2/c1-7-4-8-6-11(9(12)13)3-2-10(8)5-7/h7-8H,2-6H2,1H3,(H,12,13)/t7?,8-/m1/s1. The van der Waals surface area contributed by atoms with Crippen LogP contribution in [0, 0.1) is 5.92 Å². The van der Waals surface area contributed by atoms with Crippen molar-refractivity contribution in [1.82, 2.24) is 9.80 Å². The van der Waals surface area contributed by atoms with Crippen molar-refractivity contribution in [2.45, 2.75) is 19.4 Å². The second-order valence-corrected chi connectivity index (χ2v) is 4.22. The molecule has 2 aliphatic rings. The molecule has 0 bridgehead atoms. The van der Waals surface area contributed by atoms with Crippen LogP contribution < -0.4 is 0 Å². The van der Waals surface area contributed by atoms with Crippen LogP contribution in [0.2, 0.25) is 0 Å². The molecule has 2 atom stereocenters. The number of piperazine rings is 1. The molecule has 2 saturated heterocycles. The van der Waals surface area contributed by atoms with E-state index in [-0.39, 0.29) is 0 Å². The van der Waals surface area contributed by atoms with Crippen LogP contribution in [0.1, 0.15) is 13.3 Å². The Bertz CT molecular complexity index is 220. The molecule has 2 aliphatic heterocycles. The van der Waals surface area contributed by atoms with Crippen molar-refractivity contribution in [3.8, 4) is 0 Å². The van der Waals surface area contributed by atoms with E-state index in [1.807, 2.05) is 0 Å². The van der Waals surface area contributed by atoms with Gasteiger partial charge in [0.05, 0.1) is 0 Å². The number of hydrogen-bond acceptors (Lipinski definition) is 2. The number of hydrogen-bond donors (Lipinski definition) is 1. The molecule has 0 aromatic carbocycles. The molecule has 4 heteroatoms. The predicted molar refractivity (Wildman–Crippen MR) is 48.7 cm³/mol. The molecule has 0 radical (unpaired) electrons. The molecule has 0 aromatic rings. The molecule has 4 nitrogen and oxygen atoms in total. The number of nitrogens with zero attached hydrogens (tertiary/aromatic N) is 2. The Morgan fingerprint density at radius 2 is 2.15 bits per heavy atom. The smallest absolute Gasteiger partial charge is 0.407 e. The van der Waals surface area contributed by atoms with Crippen LogP contribution in [-0.2, 0) is 0 Å². The second kappa shape index (κ2) is 3.18. The van der Waals surface area contributed by atoms with Gasteiger partial charge in [0.1, 0.15) is 0 Å². The first-order valence-corrected chi connectivity index (χ1v) is 4.88. The van der Waals surface area contributed by atoms with E-state index in [0.717, 1.165) is 25.4 Å². The molecule has 2 heterocycles. The fourth-order valence-corrected chi connectivity index (χ4v) is 2.47. The average molecular weight is 184 g/mol. The Kier molecular flexibility index (Phi) is 2.15. The van der Waals surface area contributed by atoms with Crippen LogP contribution in [0.3, 0.4) is 0 Å². The van der Waals surface area contributed by atoms with E-state index in [0.29, 0.717) is 19.1 Å². The average Bonchev–Trinajstić information content (AvgIpc) is 2.42. The van der Waals surface area contributed by atoms with Gasteiger partial charge < -0.3 is 10.0 Å². The largest absolute Gasteiger partial charge is 0.465 e. The van der Waals surface area contributed by atoms with Gasteiger partial charge in [0.2, 0.25) is 0 Å². The number of rotatable bonds is 0. The summed E-state index contributed by atoms with van der Waals surface area (Å²) in [6, 6.07) is 0.486. The third-order valence-electron chi connectivity index (χ3n) is 3.10. The van der Waals surface area contributed by atoms with Crippen molar-refractivity contribution in [1.29, 1.82) is 0 Å². The van der Waals surface area contributed by atoms with E-state index in [4.69, 9.17) is 5.11 Å². The van der Waals surface area contributed by atoms with Crippen LogP contribution in [0.15, 0.2) is 0 Å². The van der Waals surface area contributed by atoms with Crippen LogP contribution in [0.4, 0.5) is 4.79 Å². The van der Waals surface area contributed by atoms with Crippen LogP contribution in [0.25, 0.3) is 0 Å².